The number of hydrogen-bond acceptors (Lipinski definition) is 14. The first-order chi connectivity index (χ1) is 19.4. The quantitative estimate of drug-likeness (QED) is 0.0681. The van der Waals surface area contributed by atoms with Gasteiger partial charge in [-0.2, -0.15) is 4.98 Å². The van der Waals surface area contributed by atoms with Crippen LogP contribution in [0.1, 0.15) is 19.1 Å². The van der Waals surface area contributed by atoms with Gasteiger partial charge in [-0.25, -0.2) is 4.98 Å². The molecule has 1 fully saturated rings. The van der Waals surface area contributed by atoms with E-state index < -0.39 is 79.1 Å². The fourth-order valence-corrected chi connectivity index (χ4v) is 4.57. The molecule has 0 aliphatic carbocycles. The maximum atomic E-state index is 12.5. The average molecular weight is 603 g/mol. The SMILES string of the molecule is N[C@@H](CCC(=O)N[C@@H](CSCNc1nc2c(ncn2[C@@H]2O[C@H](CO)[C@@H](O)[C@H]2O)c(=O)[nH]1)C(=O)NCC(=O)O)C(=O)O. The van der Waals surface area contributed by atoms with Gasteiger partial charge < -0.3 is 52.0 Å². The number of rotatable bonds is 15. The van der Waals surface area contributed by atoms with E-state index in [1.165, 1.54) is 10.9 Å². The highest BCUT2D eigenvalue weighted by atomic mass is 32.2. The standard InChI is InChI=1S/C21H30N8O11S/c22-8(20(38)39)1-2-11(31)26-9(17(36)23-3-12(32)33)5-41-7-25-21-27-16-13(18(37)28-21)24-6-29(16)19-15(35)14(34)10(4-30)40-19/h6,8-10,14-15,19,30,34-35H,1-5,7,22H2,(H,23,36)(H,26,31)(H,32,33)(H,38,39)(H2,25,27,28,37)/t8-,9-,10+,14+,15+,19+/m0/s1. The zero-order valence-electron chi connectivity index (χ0n) is 21.3. The molecule has 1 aliphatic heterocycles. The van der Waals surface area contributed by atoms with Gasteiger partial charge in [0.2, 0.25) is 17.8 Å². The molecule has 20 heteroatoms. The van der Waals surface area contributed by atoms with Crippen molar-refractivity contribution in [3.05, 3.63) is 16.7 Å². The van der Waals surface area contributed by atoms with Crippen molar-refractivity contribution in [2.45, 2.75) is 49.5 Å². The molecule has 0 saturated carbocycles. The van der Waals surface area contributed by atoms with Crippen LogP contribution in [0.4, 0.5) is 5.95 Å². The molecular formula is C21H30N8O11S. The summed E-state index contributed by atoms with van der Waals surface area (Å²) in [6, 6.07) is -2.45. The van der Waals surface area contributed by atoms with Gasteiger partial charge in [-0.3, -0.25) is 33.5 Å². The number of ether oxygens (including phenoxy) is 1. The van der Waals surface area contributed by atoms with E-state index in [2.05, 4.69) is 30.9 Å². The number of imidazole rings is 1. The second-order valence-corrected chi connectivity index (χ2v) is 9.90. The molecule has 1 saturated heterocycles. The smallest absolute Gasteiger partial charge is 0.322 e. The lowest BCUT2D eigenvalue weighted by atomic mass is 10.1. The first-order valence-electron chi connectivity index (χ1n) is 12.1. The summed E-state index contributed by atoms with van der Waals surface area (Å²) in [5, 5.41) is 54.7. The maximum Gasteiger partial charge on any atom is 0.322 e. The molecule has 2 aromatic heterocycles. The van der Waals surface area contributed by atoms with E-state index in [0.29, 0.717) is 0 Å². The van der Waals surface area contributed by atoms with E-state index in [-0.39, 0.29) is 41.6 Å². The Hall–Kier alpha value is -3.82. The number of fused-ring (bicyclic) bond motifs is 1. The first kappa shape index (κ1) is 31.7. The van der Waals surface area contributed by atoms with Crippen LogP contribution < -0.4 is 27.2 Å². The molecule has 11 N–H and O–H groups in total. The minimum Gasteiger partial charge on any atom is -0.480 e. The monoisotopic (exact) mass is 602 g/mol. The van der Waals surface area contributed by atoms with Gasteiger partial charge in [-0.15, -0.1) is 11.8 Å². The number of thioether (sulfide) groups is 1. The minimum absolute atomic E-state index is 0.00819. The lowest BCUT2D eigenvalue weighted by Gasteiger charge is -2.18. The summed E-state index contributed by atoms with van der Waals surface area (Å²) in [6.07, 6.45) is -4.32. The molecule has 0 bridgehead atoms. The molecule has 6 atom stereocenters. The van der Waals surface area contributed by atoms with Gasteiger partial charge in [0.15, 0.2) is 17.4 Å². The number of aliphatic hydroxyl groups is 3. The summed E-state index contributed by atoms with van der Waals surface area (Å²) in [4.78, 5) is 69.6. The molecule has 0 radical (unpaired) electrons. The Labute approximate surface area is 234 Å². The summed E-state index contributed by atoms with van der Waals surface area (Å²) in [6.45, 7) is -1.24. The van der Waals surface area contributed by atoms with Crippen molar-refractivity contribution in [1.29, 1.82) is 0 Å². The number of anilines is 1. The van der Waals surface area contributed by atoms with Gasteiger partial charge in [0.25, 0.3) is 5.56 Å². The van der Waals surface area contributed by atoms with Crippen LogP contribution in [-0.2, 0) is 23.9 Å². The van der Waals surface area contributed by atoms with Crippen molar-refractivity contribution in [2.24, 2.45) is 5.73 Å². The summed E-state index contributed by atoms with van der Waals surface area (Å²) in [5.41, 5.74) is 4.68. The number of carbonyl (C=O) groups excluding carboxylic acids is 2. The van der Waals surface area contributed by atoms with E-state index in [4.69, 9.17) is 20.7 Å². The molecule has 3 heterocycles. The number of aromatic nitrogens is 4. The van der Waals surface area contributed by atoms with Crippen molar-refractivity contribution < 1.29 is 49.4 Å². The summed E-state index contributed by atoms with van der Waals surface area (Å²) in [7, 11) is 0. The minimum atomic E-state index is -1.43. The van der Waals surface area contributed by atoms with E-state index in [0.717, 1.165) is 11.8 Å². The molecule has 41 heavy (non-hydrogen) atoms. The molecular weight excluding hydrogens is 572 g/mol. The zero-order valence-corrected chi connectivity index (χ0v) is 22.1. The lowest BCUT2D eigenvalue weighted by molar-refractivity contribution is -0.139. The molecule has 0 spiro atoms. The molecule has 2 aromatic rings. The highest BCUT2D eigenvalue weighted by Gasteiger charge is 2.44. The molecule has 1 aliphatic rings. The normalized spacial score (nSPS) is 21.8. The van der Waals surface area contributed by atoms with Crippen LogP contribution in [0.2, 0.25) is 0 Å². The topological polar surface area (TPSA) is 304 Å². The van der Waals surface area contributed by atoms with Gasteiger partial charge in [0, 0.05) is 12.2 Å². The summed E-state index contributed by atoms with van der Waals surface area (Å²) >= 11 is 1.07. The van der Waals surface area contributed by atoms with Crippen molar-refractivity contribution in [3.63, 3.8) is 0 Å². The second kappa shape index (κ2) is 14.2. The van der Waals surface area contributed by atoms with Crippen molar-refractivity contribution in [3.8, 4) is 0 Å². The van der Waals surface area contributed by atoms with Gasteiger partial charge in [0.05, 0.1) is 18.8 Å². The van der Waals surface area contributed by atoms with Crippen LogP contribution in [0, 0.1) is 0 Å². The van der Waals surface area contributed by atoms with Crippen molar-refractivity contribution >= 4 is 52.6 Å². The maximum absolute atomic E-state index is 12.5. The molecule has 19 nitrogen and oxygen atoms in total. The highest BCUT2D eigenvalue weighted by Crippen LogP contribution is 2.30. The van der Waals surface area contributed by atoms with Crippen LogP contribution in [0.25, 0.3) is 11.2 Å². The fourth-order valence-electron chi connectivity index (χ4n) is 3.75. The van der Waals surface area contributed by atoms with Crippen LogP contribution >= 0.6 is 11.8 Å². The Morgan fingerprint density at radius 3 is 2.59 bits per heavy atom. The third-order valence-corrected chi connectivity index (χ3v) is 6.83. The van der Waals surface area contributed by atoms with Crippen molar-refractivity contribution in [2.75, 3.05) is 30.1 Å². The van der Waals surface area contributed by atoms with Gasteiger partial charge in [0.1, 0.15) is 36.9 Å². The van der Waals surface area contributed by atoms with E-state index >= 15 is 0 Å². The summed E-state index contributed by atoms with van der Waals surface area (Å²) < 4.78 is 6.71. The number of carbonyl (C=O) groups is 4. The number of aliphatic carboxylic acids is 2. The van der Waals surface area contributed by atoms with Crippen LogP contribution in [0.5, 0.6) is 0 Å². The van der Waals surface area contributed by atoms with Gasteiger partial charge in [-0.05, 0) is 6.42 Å². The molecule has 0 aromatic carbocycles. The van der Waals surface area contributed by atoms with Crippen LogP contribution in [0.3, 0.4) is 0 Å². The number of H-pyrrole nitrogens is 1. The number of amides is 2. The van der Waals surface area contributed by atoms with Crippen LogP contribution in [-0.4, -0.2) is 124 Å². The molecule has 226 valence electrons. The Morgan fingerprint density at radius 2 is 1.95 bits per heavy atom. The predicted octanol–water partition coefficient (Wildman–Crippen LogP) is -4.29. The Balaban J connectivity index is 1.64. The number of nitrogens with one attached hydrogen (secondary N) is 4. The number of aromatic amines is 1. The third kappa shape index (κ3) is 8.11. The molecule has 0 unspecified atom stereocenters. The van der Waals surface area contributed by atoms with E-state index in [1.54, 1.807) is 0 Å². The Morgan fingerprint density at radius 1 is 1.22 bits per heavy atom. The van der Waals surface area contributed by atoms with E-state index in [9.17, 15) is 39.3 Å². The number of hydrogen-bond donors (Lipinski definition) is 10. The fraction of sp³-hybridized carbons (Fsp3) is 0.571. The number of nitrogens with zero attached hydrogens (tertiary/aromatic N) is 3. The Bertz CT molecular complexity index is 1320. The summed E-state index contributed by atoms with van der Waals surface area (Å²) in [5.74, 6) is -4.08. The van der Waals surface area contributed by atoms with Gasteiger partial charge in [-0.1, -0.05) is 0 Å². The highest BCUT2D eigenvalue weighted by molar-refractivity contribution is 7.99. The zero-order chi connectivity index (χ0) is 30.3. The van der Waals surface area contributed by atoms with Crippen LogP contribution in [0.15, 0.2) is 11.1 Å². The number of carboxylic acids is 2. The number of aliphatic hydroxyl groups excluding tert-OH is 3. The number of nitrogens with two attached hydrogens (primary N) is 1. The lowest BCUT2D eigenvalue weighted by Crippen LogP contribution is -2.49. The molecule has 2 amide bonds. The first-order valence-corrected chi connectivity index (χ1v) is 13.3. The van der Waals surface area contributed by atoms with Crippen molar-refractivity contribution in [1.82, 2.24) is 30.2 Å². The average Bonchev–Trinajstić information content (AvgIpc) is 3.47. The van der Waals surface area contributed by atoms with Gasteiger partial charge >= 0.3 is 11.9 Å². The van der Waals surface area contributed by atoms with E-state index in [1.807, 2.05) is 0 Å². The second-order valence-electron chi connectivity index (χ2n) is 8.87. The molecule has 3 rings (SSSR count). The third-order valence-electron chi connectivity index (χ3n) is 5.91. The predicted molar refractivity (Wildman–Crippen MR) is 140 cm³/mol. The largest absolute Gasteiger partial charge is 0.480 e. The Kier molecular flexibility index (Phi) is 11.0. The number of carboxylic acid groups (broad SMARTS) is 2.